The first-order valence-corrected chi connectivity index (χ1v) is 6.18. The van der Waals surface area contributed by atoms with E-state index in [1.807, 2.05) is 60.7 Å². The van der Waals surface area contributed by atoms with Gasteiger partial charge in [-0.3, -0.25) is 0 Å². The van der Waals surface area contributed by atoms with E-state index in [9.17, 15) is 5.21 Å². The summed E-state index contributed by atoms with van der Waals surface area (Å²) in [7, 11) is 0. The predicted molar refractivity (Wildman–Crippen MR) is 75.8 cm³/mol. The zero-order chi connectivity index (χ0) is 13.8. The Kier molecular flexibility index (Phi) is 3.29. The van der Waals surface area contributed by atoms with Crippen molar-refractivity contribution in [3.63, 3.8) is 0 Å². The molecule has 0 unspecified atom stereocenters. The standard InChI is InChI=1S/C16H12N2O2/c19-17-16(13-9-5-2-6-10-13)14-11-15(20-18-14)12-7-3-1-4-8-12/h1-11,19H/b17-16-. The van der Waals surface area contributed by atoms with Crippen LogP contribution in [0.2, 0.25) is 0 Å². The van der Waals surface area contributed by atoms with Crippen LogP contribution < -0.4 is 0 Å². The molecule has 0 saturated carbocycles. The molecule has 0 spiro atoms. The molecule has 3 aromatic rings. The van der Waals surface area contributed by atoms with Crippen LogP contribution in [0.5, 0.6) is 0 Å². The first-order valence-electron chi connectivity index (χ1n) is 6.18. The van der Waals surface area contributed by atoms with Gasteiger partial charge in [0.15, 0.2) is 5.76 Å². The average molecular weight is 264 g/mol. The van der Waals surface area contributed by atoms with Crippen molar-refractivity contribution in [3.8, 4) is 11.3 Å². The molecule has 0 fully saturated rings. The normalized spacial score (nSPS) is 11.5. The van der Waals surface area contributed by atoms with Gasteiger partial charge in [0.2, 0.25) is 0 Å². The van der Waals surface area contributed by atoms with Crippen LogP contribution in [0.25, 0.3) is 11.3 Å². The number of hydrogen-bond acceptors (Lipinski definition) is 4. The summed E-state index contributed by atoms with van der Waals surface area (Å²) in [5.41, 5.74) is 2.59. The molecule has 0 atom stereocenters. The lowest BCUT2D eigenvalue weighted by Gasteiger charge is -1.99. The highest BCUT2D eigenvalue weighted by molar-refractivity contribution is 6.11. The number of nitrogens with zero attached hydrogens (tertiary/aromatic N) is 2. The van der Waals surface area contributed by atoms with Crippen molar-refractivity contribution < 1.29 is 9.73 Å². The Bertz CT molecular complexity index is 719. The molecule has 4 heteroatoms. The molecular formula is C16H12N2O2. The van der Waals surface area contributed by atoms with E-state index in [1.54, 1.807) is 6.07 Å². The van der Waals surface area contributed by atoms with Gasteiger partial charge in [-0.15, -0.1) is 0 Å². The van der Waals surface area contributed by atoms with Crippen molar-refractivity contribution in [1.29, 1.82) is 0 Å². The Morgan fingerprint density at radius 2 is 1.60 bits per heavy atom. The maximum atomic E-state index is 9.22. The molecule has 98 valence electrons. The molecule has 0 aliphatic rings. The summed E-state index contributed by atoms with van der Waals surface area (Å²) in [5, 5.41) is 16.5. The Balaban J connectivity index is 1.98. The molecule has 1 N–H and O–H groups in total. The van der Waals surface area contributed by atoms with Crippen molar-refractivity contribution in [2.24, 2.45) is 5.16 Å². The lowest BCUT2D eigenvalue weighted by atomic mass is 10.1. The van der Waals surface area contributed by atoms with E-state index < -0.39 is 0 Å². The van der Waals surface area contributed by atoms with Crippen LogP contribution in [0.15, 0.2) is 76.4 Å². The van der Waals surface area contributed by atoms with Crippen molar-refractivity contribution in [3.05, 3.63) is 78.0 Å². The SMILES string of the molecule is O/N=C(/c1ccccc1)c1cc(-c2ccccc2)on1. The van der Waals surface area contributed by atoms with E-state index in [4.69, 9.17) is 4.52 Å². The molecule has 4 nitrogen and oxygen atoms in total. The topological polar surface area (TPSA) is 58.6 Å². The molecule has 1 aromatic heterocycles. The van der Waals surface area contributed by atoms with Gasteiger partial charge in [-0.2, -0.15) is 0 Å². The van der Waals surface area contributed by atoms with Crippen LogP contribution in [0, 0.1) is 0 Å². The number of rotatable bonds is 3. The van der Waals surface area contributed by atoms with Gasteiger partial charge >= 0.3 is 0 Å². The van der Waals surface area contributed by atoms with Crippen LogP contribution in [0.3, 0.4) is 0 Å². The highest BCUT2D eigenvalue weighted by atomic mass is 16.5. The number of hydrogen-bond donors (Lipinski definition) is 1. The second-order valence-corrected chi connectivity index (χ2v) is 4.26. The molecule has 0 saturated heterocycles. The summed E-state index contributed by atoms with van der Waals surface area (Å²) >= 11 is 0. The molecule has 0 radical (unpaired) electrons. The molecule has 0 bridgehead atoms. The van der Waals surface area contributed by atoms with Crippen LogP contribution in [-0.4, -0.2) is 16.1 Å². The minimum absolute atomic E-state index is 0.386. The second-order valence-electron chi connectivity index (χ2n) is 4.26. The van der Waals surface area contributed by atoms with Gasteiger partial charge in [0, 0.05) is 17.2 Å². The van der Waals surface area contributed by atoms with Gasteiger partial charge in [0.25, 0.3) is 0 Å². The minimum Gasteiger partial charge on any atom is -0.410 e. The fraction of sp³-hybridized carbons (Fsp3) is 0. The zero-order valence-corrected chi connectivity index (χ0v) is 10.6. The van der Waals surface area contributed by atoms with Gasteiger partial charge in [-0.1, -0.05) is 71.0 Å². The summed E-state index contributed by atoms with van der Waals surface area (Å²) < 4.78 is 5.31. The van der Waals surface area contributed by atoms with E-state index in [1.165, 1.54) is 0 Å². The van der Waals surface area contributed by atoms with Crippen molar-refractivity contribution >= 4 is 5.71 Å². The second kappa shape index (κ2) is 5.40. The molecule has 0 amide bonds. The molecule has 20 heavy (non-hydrogen) atoms. The summed E-state index contributed by atoms with van der Waals surface area (Å²) in [6, 6.07) is 20.8. The third-order valence-electron chi connectivity index (χ3n) is 2.96. The largest absolute Gasteiger partial charge is 0.410 e. The monoisotopic (exact) mass is 264 g/mol. The molecule has 0 aliphatic heterocycles. The van der Waals surface area contributed by atoms with E-state index in [2.05, 4.69) is 10.3 Å². The van der Waals surface area contributed by atoms with Crippen molar-refractivity contribution in [2.45, 2.75) is 0 Å². The molecular weight excluding hydrogens is 252 g/mol. The van der Waals surface area contributed by atoms with Gasteiger partial charge in [0.1, 0.15) is 11.4 Å². The summed E-state index contributed by atoms with van der Waals surface area (Å²) in [4.78, 5) is 0. The minimum atomic E-state index is 0.386. The van der Waals surface area contributed by atoms with E-state index in [-0.39, 0.29) is 0 Å². The highest BCUT2D eigenvalue weighted by Crippen LogP contribution is 2.21. The number of aromatic nitrogens is 1. The third-order valence-corrected chi connectivity index (χ3v) is 2.96. The molecule has 0 aliphatic carbocycles. The molecule has 3 rings (SSSR count). The lowest BCUT2D eigenvalue weighted by Crippen LogP contribution is -2.03. The third kappa shape index (κ3) is 2.31. The smallest absolute Gasteiger partial charge is 0.167 e. The van der Waals surface area contributed by atoms with Crippen LogP contribution >= 0.6 is 0 Å². The first kappa shape index (κ1) is 12.2. The molecule has 1 heterocycles. The predicted octanol–water partition coefficient (Wildman–Crippen LogP) is 3.57. The van der Waals surface area contributed by atoms with Gasteiger partial charge in [-0.25, -0.2) is 0 Å². The maximum absolute atomic E-state index is 9.22. The zero-order valence-electron chi connectivity index (χ0n) is 10.6. The average Bonchev–Trinajstić information content (AvgIpc) is 3.00. The van der Waals surface area contributed by atoms with Gasteiger partial charge < -0.3 is 9.73 Å². The Morgan fingerprint density at radius 3 is 2.25 bits per heavy atom. The first-order chi connectivity index (χ1) is 9.88. The van der Waals surface area contributed by atoms with Crippen molar-refractivity contribution in [1.82, 2.24) is 5.16 Å². The Hall–Kier alpha value is -2.88. The summed E-state index contributed by atoms with van der Waals surface area (Å²) in [6.07, 6.45) is 0. The fourth-order valence-corrected chi connectivity index (χ4v) is 1.98. The quantitative estimate of drug-likeness (QED) is 0.447. The van der Waals surface area contributed by atoms with Crippen molar-refractivity contribution in [2.75, 3.05) is 0 Å². The van der Waals surface area contributed by atoms with Gasteiger partial charge in [-0.05, 0) is 0 Å². The summed E-state index contributed by atoms with van der Waals surface area (Å²) in [6.45, 7) is 0. The maximum Gasteiger partial charge on any atom is 0.167 e. The number of benzene rings is 2. The van der Waals surface area contributed by atoms with Gasteiger partial charge in [0.05, 0.1) is 0 Å². The van der Waals surface area contributed by atoms with E-state index in [0.717, 1.165) is 11.1 Å². The molecule has 2 aromatic carbocycles. The highest BCUT2D eigenvalue weighted by Gasteiger charge is 2.14. The van der Waals surface area contributed by atoms with Crippen LogP contribution in [0.4, 0.5) is 0 Å². The van der Waals surface area contributed by atoms with Crippen LogP contribution in [-0.2, 0) is 0 Å². The Morgan fingerprint density at radius 1 is 0.950 bits per heavy atom. The lowest BCUT2D eigenvalue weighted by molar-refractivity contribution is 0.319. The van der Waals surface area contributed by atoms with E-state index >= 15 is 0 Å². The Labute approximate surface area is 116 Å². The fourth-order valence-electron chi connectivity index (χ4n) is 1.98. The van der Waals surface area contributed by atoms with E-state index in [0.29, 0.717) is 17.2 Å². The number of oxime groups is 1. The van der Waals surface area contributed by atoms with Crippen LogP contribution in [0.1, 0.15) is 11.3 Å². The summed E-state index contributed by atoms with van der Waals surface area (Å²) in [5.74, 6) is 0.637.